The Bertz CT molecular complexity index is 628. The van der Waals surface area contributed by atoms with Crippen LogP contribution in [0.3, 0.4) is 0 Å². The molecule has 1 fully saturated rings. The normalized spacial score (nSPS) is 16.2. The molecule has 1 aliphatic heterocycles. The lowest BCUT2D eigenvalue weighted by Crippen LogP contribution is -2.49. The van der Waals surface area contributed by atoms with Crippen molar-refractivity contribution >= 4 is 28.6 Å². The fourth-order valence-corrected chi connectivity index (χ4v) is 4.40. The van der Waals surface area contributed by atoms with Crippen LogP contribution in [0.25, 0.3) is 10.6 Å². The van der Waals surface area contributed by atoms with Gasteiger partial charge in [0, 0.05) is 49.0 Å². The molecular formula is C17H23N3OS2. The molecule has 1 saturated heterocycles. The molecule has 0 bridgehead atoms. The highest BCUT2D eigenvalue weighted by molar-refractivity contribution is 7.14. The molecule has 0 N–H and O–H groups in total. The second-order valence-electron chi connectivity index (χ2n) is 6.41. The van der Waals surface area contributed by atoms with Gasteiger partial charge in [-0.1, -0.05) is 13.8 Å². The minimum Gasteiger partial charge on any atom is -0.340 e. The molecule has 6 heteroatoms. The van der Waals surface area contributed by atoms with E-state index in [1.807, 2.05) is 10.3 Å². The third kappa shape index (κ3) is 4.40. The Hall–Kier alpha value is -1.24. The van der Waals surface area contributed by atoms with Crippen LogP contribution in [0, 0.1) is 5.92 Å². The maximum absolute atomic E-state index is 12.5. The highest BCUT2D eigenvalue weighted by Gasteiger charge is 2.22. The van der Waals surface area contributed by atoms with Crippen molar-refractivity contribution in [3.63, 3.8) is 0 Å². The number of rotatable bonds is 5. The summed E-state index contributed by atoms with van der Waals surface area (Å²) in [6.07, 6.45) is 0.421. The highest BCUT2D eigenvalue weighted by atomic mass is 32.1. The van der Waals surface area contributed by atoms with Crippen molar-refractivity contribution < 1.29 is 4.79 Å². The molecule has 3 rings (SSSR count). The van der Waals surface area contributed by atoms with Gasteiger partial charge in [-0.05, 0) is 17.4 Å². The Kier molecular flexibility index (Phi) is 5.46. The Morgan fingerprint density at radius 1 is 1.26 bits per heavy atom. The molecule has 0 spiro atoms. The van der Waals surface area contributed by atoms with Crippen LogP contribution >= 0.6 is 22.7 Å². The van der Waals surface area contributed by atoms with Crippen molar-refractivity contribution in [2.24, 2.45) is 5.92 Å². The molecule has 124 valence electrons. The molecule has 0 unspecified atom stereocenters. The van der Waals surface area contributed by atoms with E-state index in [1.54, 1.807) is 22.7 Å². The molecule has 0 atom stereocenters. The zero-order chi connectivity index (χ0) is 16.2. The Morgan fingerprint density at radius 2 is 2.04 bits per heavy atom. The number of amides is 1. The Labute approximate surface area is 145 Å². The fraction of sp³-hybridized carbons (Fsp3) is 0.529. The molecule has 2 aromatic heterocycles. The van der Waals surface area contributed by atoms with Crippen LogP contribution in [-0.4, -0.2) is 53.4 Å². The van der Waals surface area contributed by atoms with Gasteiger partial charge in [-0.25, -0.2) is 4.98 Å². The Balaban J connectivity index is 1.52. The summed E-state index contributed by atoms with van der Waals surface area (Å²) in [5.41, 5.74) is 2.05. The van der Waals surface area contributed by atoms with Crippen molar-refractivity contribution in [1.82, 2.24) is 14.8 Å². The van der Waals surface area contributed by atoms with Crippen molar-refractivity contribution in [2.45, 2.75) is 20.3 Å². The van der Waals surface area contributed by atoms with E-state index in [-0.39, 0.29) is 5.91 Å². The van der Waals surface area contributed by atoms with E-state index in [9.17, 15) is 4.79 Å². The highest BCUT2D eigenvalue weighted by Crippen LogP contribution is 2.26. The standard InChI is InChI=1S/C17H23N3OS2/c1-13(2)10-19-4-6-20(7-5-19)16(21)9-15-12-23-17(18-15)14-3-8-22-11-14/h3,8,11-13H,4-7,9-10H2,1-2H3. The molecule has 1 amide bonds. The summed E-state index contributed by atoms with van der Waals surface area (Å²) >= 11 is 3.29. The van der Waals surface area contributed by atoms with E-state index >= 15 is 0 Å². The largest absolute Gasteiger partial charge is 0.340 e. The molecule has 23 heavy (non-hydrogen) atoms. The second-order valence-corrected chi connectivity index (χ2v) is 8.05. The average molecular weight is 350 g/mol. The van der Waals surface area contributed by atoms with E-state index in [0.29, 0.717) is 12.3 Å². The lowest BCUT2D eigenvalue weighted by atomic mass is 10.2. The predicted molar refractivity (Wildman–Crippen MR) is 97.0 cm³/mol. The summed E-state index contributed by atoms with van der Waals surface area (Å²) in [5, 5.41) is 7.17. The molecule has 0 saturated carbocycles. The SMILES string of the molecule is CC(C)CN1CCN(C(=O)Cc2csc(-c3ccsc3)n2)CC1. The molecule has 0 aromatic carbocycles. The first-order chi connectivity index (χ1) is 11.1. The predicted octanol–water partition coefficient (Wildman–Crippen LogP) is 3.21. The van der Waals surface area contributed by atoms with E-state index in [0.717, 1.165) is 49.0 Å². The number of hydrogen-bond donors (Lipinski definition) is 0. The maximum Gasteiger partial charge on any atom is 0.228 e. The number of hydrogen-bond acceptors (Lipinski definition) is 5. The average Bonchev–Trinajstić information content (AvgIpc) is 3.18. The van der Waals surface area contributed by atoms with Gasteiger partial charge in [-0.2, -0.15) is 11.3 Å². The number of thiazole rings is 1. The van der Waals surface area contributed by atoms with Gasteiger partial charge >= 0.3 is 0 Å². The van der Waals surface area contributed by atoms with Gasteiger partial charge in [0.05, 0.1) is 12.1 Å². The summed E-state index contributed by atoms with van der Waals surface area (Å²) in [6.45, 7) is 9.26. The summed E-state index contributed by atoms with van der Waals surface area (Å²) in [7, 11) is 0. The lowest BCUT2D eigenvalue weighted by molar-refractivity contribution is -0.132. The number of piperazine rings is 1. The molecular weight excluding hydrogens is 326 g/mol. The van der Waals surface area contributed by atoms with Gasteiger partial charge in [-0.3, -0.25) is 9.69 Å². The zero-order valence-corrected chi connectivity index (χ0v) is 15.3. The fourth-order valence-electron chi connectivity index (χ4n) is 2.87. The minimum absolute atomic E-state index is 0.205. The van der Waals surface area contributed by atoms with Crippen LogP contribution < -0.4 is 0 Å². The van der Waals surface area contributed by atoms with E-state index in [1.165, 1.54) is 0 Å². The number of thiophene rings is 1. The molecule has 0 aliphatic carbocycles. The third-order valence-electron chi connectivity index (χ3n) is 4.00. The van der Waals surface area contributed by atoms with Crippen molar-refractivity contribution in [1.29, 1.82) is 0 Å². The number of aromatic nitrogens is 1. The van der Waals surface area contributed by atoms with Crippen LogP contribution in [0.5, 0.6) is 0 Å². The van der Waals surface area contributed by atoms with E-state index < -0.39 is 0 Å². The van der Waals surface area contributed by atoms with Gasteiger partial charge in [-0.15, -0.1) is 11.3 Å². The van der Waals surface area contributed by atoms with Gasteiger partial charge in [0.15, 0.2) is 0 Å². The monoisotopic (exact) mass is 349 g/mol. The Morgan fingerprint density at radius 3 is 2.70 bits per heavy atom. The van der Waals surface area contributed by atoms with E-state index in [4.69, 9.17) is 0 Å². The van der Waals surface area contributed by atoms with Crippen LogP contribution in [0.2, 0.25) is 0 Å². The maximum atomic E-state index is 12.5. The zero-order valence-electron chi connectivity index (χ0n) is 13.7. The molecule has 2 aromatic rings. The lowest BCUT2D eigenvalue weighted by Gasteiger charge is -2.35. The number of carbonyl (C=O) groups excluding carboxylic acids is 1. The van der Waals surface area contributed by atoms with Crippen molar-refractivity contribution in [3.05, 3.63) is 27.9 Å². The van der Waals surface area contributed by atoms with Gasteiger partial charge < -0.3 is 4.90 Å². The van der Waals surface area contributed by atoms with Gasteiger partial charge in [0.1, 0.15) is 5.01 Å². The van der Waals surface area contributed by atoms with Crippen molar-refractivity contribution in [2.75, 3.05) is 32.7 Å². The quantitative estimate of drug-likeness (QED) is 0.832. The topological polar surface area (TPSA) is 36.4 Å². The number of nitrogens with zero attached hydrogens (tertiary/aromatic N) is 3. The summed E-state index contributed by atoms with van der Waals surface area (Å²) in [5.74, 6) is 0.888. The smallest absolute Gasteiger partial charge is 0.228 e. The molecule has 4 nitrogen and oxygen atoms in total. The van der Waals surface area contributed by atoms with Crippen molar-refractivity contribution in [3.8, 4) is 10.6 Å². The number of carbonyl (C=O) groups is 1. The van der Waals surface area contributed by atoms with Gasteiger partial charge in [0.25, 0.3) is 0 Å². The van der Waals surface area contributed by atoms with Crippen LogP contribution in [0.15, 0.2) is 22.2 Å². The molecule has 0 radical (unpaired) electrons. The summed E-state index contributed by atoms with van der Waals surface area (Å²) in [4.78, 5) is 21.5. The summed E-state index contributed by atoms with van der Waals surface area (Å²) < 4.78 is 0. The van der Waals surface area contributed by atoms with Crippen LogP contribution in [0.4, 0.5) is 0 Å². The van der Waals surface area contributed by atoms with Crippen LogP contribution in [-0.2, 0) is 11.2 Å². The van der Waals surface area contributed by atoms with E-state index in [2.05, 4.69) is 40.6 Å². The first-order valence-electron chi connectivity index (χ1n) is 8.09. The minimum atomic E-state index is 0.205. The summed E-state index contributed by atoms with van der Waals surface area (Å²) in [6, 6.07) is 2.07. The second kappa shape index (κ2) is 7.55. The first-order valence-corrected chi connectivity index (χ1v) is 9.91. The van der Waals surface area contributed by atoms with Crippen LogP contribution in [0.1, 0.15) is 19.5 Å². The first kappa shape index (κ1) is 16.6. The molecule has 3 heterocycles. The molecule has 1 aliphatic rings. The van der Waals surface area contributed by atoms with Gasteiger partial charge in [0.2, 0.25) is 5.91 Å². The third-order valence-corrected chi connectivity index (χ3v) is 5.62.